The number of rotatable bonds is 6. The van der Waals surface area contributed by atoms with Crippen LogP contribution in [0.3, 0.4) is 0 Å². The third-order valence-corrected chi connectivity index (χ3v) is 3.21. The molecule has 0 aliphatic carbocycles. The normalized spacial score (nSPS) is 15.3. The molecule has 1 heterocycles. The van der Waals surface area contributed by atoms with Crippen molar-refractivity contribution < 1.29 is 19.5 Å². The van der Waals surface area contributed by atoms with E-state index in [1.165, 1.54) is 12.8 Å². The molecule has 3 N–H and O–H groups in total. The maximum absolute atomic E-state index is 11.9. The number of amides is 3. The fourth-order valence-corrected chi connectivity index (χ4v) is 2.11. The molecule has 7 nitrogen and oxygen atoms in total. The molecule has 0 spiro atoms. The Balaban J connectivity index is 2.11. The predicted octanol–water partition coefficient (Wildman–Crippen LogP) is 0.553. The number of carboxylic acids is 1. The Kier molecular flexibility index (Phi) is 7.46. The van der Waals surface area contributed by atoms with Crippen molar-refractivity contribution in [3.05, 3.63) is 0 Å². The van der Waals surface area contributed by atoms with E-state index in [-0.39, 0.29) is 31.8 Å². The van der Waals surface area contributed by atoms with E-state index >= 15 is 0 Å². The van der Waals surface area contributed by atoms with Crippen LogP contribution in [0.1, 0.15) is 38.5 Å². The number of hydrogen-bond donors (Lipinski definition) is 3. The molecule has 0 unspecified atom stereocenters. The summed E-state index contributed by atoms with van der Waals surface area (Å²) in [7, 11) is 0. The summed E-state index contributed by atoms with van der Waals surface area (Å²) in [5.41, 5.74) is 0. The second kappa shape index (κ2) is 9.17. The first-order chi connectivity index (χ1) is 9.59. The first-order valence-corrected chi connectivity index (χ1v) is 7.11. The number of carboxylic acid groups (broad SMARTS) is 1. The van der Waals surface area contributed by atoms with E-state index in [4.69, 9.17) is 5.11 Å². The number of hydrogen-bond acceptors (Lipinski definition) is 3. The van der Waals surface area contributed by atoms with E-state index in [0.717, 1.165) is 25.9 Å². The summed E-state index contributed by atoms with van der Waals surface area (Å²) >= 11 is 0. The van der Waals surface area contributed by atoms with Crippen molar-refractivity contribution in [2.45, 2.75) is 38.5 Å². The van der Waals surface area contributed by atoms with Gasteiger partial charge in [0, 0.05) is 32.6 Å². The van der Waals surface area contributed by atoms with Gasteiger partial charge in [-0.3, -0.25) is 9.59 Å². The fraction of sp³-hybridized carbons (Fsp3) is 0.769. The van der Waals surface area contributed by atoms with Crippen LogP contribution in [0.25, 0.3) is 0 Å². The summed E-state index contributed by atoms with van der Waals surface area (Å²) in [5, 5.41) is 13.4. The van der Waals surface area contributed by atoms with Gasteiger partial charge in [-0.2, -0.15) is 0 Å². The summed E-state index contributed by atoms with van der Waals surface area (Å²) in [4.78, 5) is 35.3. The summed E-state index contributed by atoms with van der Waals surface area (Å²) in [6.45, 7) is 1.97. The zero-order chi connectivity index (χ0) is 14.8. The van der Waals surface area contributed by atoms with Crippen LogP contribution >= 0.6 is 0 Å². The zero-order valence-electron chi connectivity index (χ0n) is 11.7. The van der Waals surface area contributed by atoms with Gasteiger partial charge in [0.1, 0.15) is 0 Å². The topological polar surface area (TPSA) is 98.7 Å². The maximum atomic E-state index is 11.9. The van der Waals surface area contributed by atoms with Gasteiger partial charge in [-0.25, -0.2) is 4.79 Å². The first kappa shape index (κ1) is 16.3. The van der Waals surface area contributed by atoms with Gasteiger partial charge >= 0.3 is 12.0 Å². The first-order valence-electron chi connectivity index (χ1n) is 7.11. The molecule has 1 fully saturated rings. The van der Waals surface area contributed by atoms with Gasteiger partial charge in [0.2, 0.25) is 5.91 Å². The van der Waals surface area contributed by atoms with Crippen molar-refractivity contribution in [1.29, 1.82) is 0 Å². The molecule has 3 amide bonds. The molecule has 0 aromatic carbocycles. The molecule has 0 saturated carbocycles. The van der Waals surface area contributed by atoms with Crippen molar-refractivity contribution in [2.24, 2.45) is 0 Å². The van der Waals surface area contributed by atoms with E-state index in [0.29, 0.717) is 0 Å². The Morgan fingerprint density at radius 3 is 2.00 bits per heavy atom. The minimum atomic E-state index is -0.957. The molecule has 114 valence electrons. The molecule has 7 heteroatoms. The molecule has 20 heavy (non-hydrogen) atoms. The van der Waals surface area contributed by atoms with Crippen LogP contribution in [-0.2, 0) is 9.59 Å². The zero-order valence-corrected chi connectivity index (χ0v) is 11.7. The number of carbonyl (C=O) groups is 3. The lowest BCUT2D eigenvalue weighted by Gasteiger charge is -2.20. The van der Waals surface area contributed by atoms with Crippen LogP contribution < -0.4 is 10.6 Å². The monoisotopic (exact) mass is 285 g/mol. The van der Waals surface area contributed by atoms with E-state index in [1.54, 1.807) is 0 Å². The van der Waals surface area contributed by atoms with Crippen molar-refractivity contribution in [1.82, 2.24) is 15.5 Å². The molecule has 0 aromatic heterocycles. The van der Waals surface area contributed by atoms with E-state index in [2.05, 4.69) is 10.6 Å². The largest absolute Gasteiger partial charge is 0.481 e. The fourth-order valence-electron chi connectivity index (χ4n) is 2.11. The molecular weight excluding hydrogens is 262 g/mol. The molecule has 1 aliphatic rings. The van der Waals surface area contributed by atoms with Crippen molar-refractivity contribution in [3.63, 3.8) is 0 Å². The minimum Gasteiger partial charge on any atom is -0.481 e. The highest BCUT2D eigenvalue weighted by Crippen LogP contribution is 2.10. The van der Waals surface area contributed by atoms with Crippen molar-refractivity contribution in [2.75, 3.05) is 26.2 Å². The van der Waals surface area contributed by atoms with E-state index in [9.17, 15) is 14.4 Å². The average Bonchev–Trinajstić information content (AvgIpc) is 2.67. The average molecular weight is 285 g/mol. The summed E-state index contributed by atoms with van der Waals surface area (Å²) in [6.07, 6.45) is 4.62. The van der Waals surface area contributed by atoms with Crippen LogP contribution in [0.15, 0.2) is 0 Å². The maximum Gasteiger partial charge on any atom is 0.314 e. The van der Waals surface area contributed by atoms with Crippen LogP contribution in [0.4, 0.5) is 4.79 Å². The van der Waals surface area contributed by atoms with Crippen molar-refractivity contribution in [3.8, 4) is 0 Å². The van der Waals surface area contributed by atoms with Crippen LogP contribution in [0.5, 0.6) is 0 Å². The molecule has 1 rings (SSSR count). The van der Waals surface area contributed by atoms with Gasteiger partial charge in [0.15, 0.2) is 0 Å². The Bertz CT molecular complexity index is 339. The van der Waals surface area contributed by atoms with Gasteiger partial charge in [-0.05, 0) is 12.8 Å². The van der Waals surface area contributed by atoms with Crippen LogP contribution in [0, 0.1) is 0 Å². The predicted molar refractivity (Wildman–Crippen MR) is 73.3 cm³/mol. The second-order valence-electron chi connectivity index (χ2n) is 4.87. The van der Waals surface area contributed by atoms with Gasteiger partial charge in [-0.15, -0.1) is 0 Å². The lowest BCUT2D eigenvalue weighted by atomic mass is 10.2. The lowest BCUT2D eigenvalue weighted by molar-refractivity contribution is -0.136. The molecule has 0 aromatic rings. The molecule has 1 saturated heterocycles. The van der Waals surface area contributed by atoms with Crippen molar-refractivity contribution >= 4 is 17.9 Å². The Morgan fingerprint density at radius 1 is 0.900 bits per heavy atom. The van der Waals surface area contributed by atoms with Crippen LogP contribution in [-0.4, -0.2) is 54.1 Å². The molecule has 0 bridgehead atoms. The SMILES string of the molecule is O=C(O)CCNC(=O)NCCC(=O)N1CCCCCC1. The summed E-state index contributed by atoms with van der Waals surface area (Å²) in [6, 6.07) is -0.435. The number of likely N-dealkylation sites (tertiary alicyclic amines) is 1. The number of aliphatic carboxylic acids is 1. The standard InChI is InChI=1S/C13H23N3O4/c17-11(16-9-3-1-2-4-10-16)5-7-14-13(20)15-8-6-12(18)19/h1-10H2,(H,18,19)(H2,14,15,20). The van der Waals surface area contributed by atoms with E-state index < -0.39 is 12.0 Å². The minimum absolute atomic E-state index is 0.0673. The van der Waals surface area contributed by atoms with Gasteiger partial charge < -0.3 is 20.6 Å². The molecule has 0 radical (unpaired) electrons. The number of nitrogens with zero attached hydrogens (tertiary/aromatic N) is 1. The van der Waals surface area contributed by atoms with Crippen LogP contribution in [0.2, 0.25) is 0 Å². The smallest absolute Gasteiger partial charge is 0.314 e. The highest BCUT2D eigenvalue weighted by Gasteiger charge is 2.15. The lowest BCUT2D eigenvalue weighted by Crippen LogP contribution is -2.39. The molecular formula is C13H23N3O4. The quantitative estimate of drug-likeness (QED) is 0.663. The summed E-state index contributed by atoms with van der Waals surface area (Å²) < 4.78 is 0. The highest BCUT2D eigenvalue weighted by molar-refractivity contribution is 5.78. The molecule has 1 aliphatic heterocycles. The van der Waals surface area contributed by atoms with Gasteiger partial charge in [0.05, 0.1) is 6.42 Å². The van der Waals surface area contributed by atoms with E-state index in [1.807, 2.05) is 4.90 Å². The molecule has 0 atom stereocenters. The number of nitrogens with one attached hydrogen (secondary N) is 2. The Hall–Kier alpha value is -1.79. The van der Waals surface area contributed by atoms with Gasteiger partial charge in [-0.1, -0.05) is 12.8 Å². The Morgan fingerprint density at radius 2 is 1.45 bits per heavy atom. The Labute approximate surface area is 118 Å². The third kappa shape index (κ3) is 6.96. The third-order valence-electron chi connectivity index (χ3n) is 3.21. The number of urea groups is 1. The second-order valence-corrected chi connectivity index (χ2v) is 4.87. The highest BCUT2D eigenvalue weighted by atomic mass is 16.4. The summed E-state index contributed by atoms with van der Waals surface area (Å²) in [5.74, 6) is -0.889. The van der Waals surface area contributed by atoms with Gasteiger partial charge in [0.25, 0.3) is 0 Å². The number of carbonyl (C=O) groups excluding carboxylic acids is 2.